The van der Waals surface area contributed by atoms with Crippen LogP contribution in [0.4, 0.5) is 0 Å². The molecule has 2 aromatic rings. The highest BCUT2D eigenvalue weighted by Crippen LogP contribution is 2.26. The summed E-state index contributed by atoms with van der Waals surface area (Å²) in [6.07, 6.45) is 5.86. The summed E-state index contributed by atoms with van der Waals surface area (Å²) in [5.74, 6) is -0.151. The number of pyridine rings is 1. The van der Waals surface area contributed by atoms with Crippen molar-refractivity contribution in [2.45, 2.75) is 30.6 Å². The third-order valence-corrected chi connectivity index (χ3v) is 7.26. The van der Waals surface area contributed by atoms with Gasteiger partial charge in [0.1, 0.15) is 5.69 Å². The normalized spacial score (nSPS) is 18.1. The van der Waals surface area contributed by atoms with Gasteiger partial charge in [0.05, 0.1) is 4.90 Å². The molecule has 1 saturated heterocycles. The van der Waals surface area contributed by atoms with Crippen molar-refractivity contribution in [1.29, 1.82) is 0 Å². The second kappa shape index (κ2) is 7.40. The molecule has 142 valence electrons. The maximum absolute atomic E-state index is 13.0. The molecule has 6 nitrogen and oxygen atoms in total. The van der Waals surface area contributed by atoms with E-state index in [2.05, 4.69) is 4.98 Å². The predicted octanol–water partition coefficient (Wildman–Crippen LogP) is 2.11. The zero-order valence-corrected chi connectivity index (χ0v) is 16.0. The van der Waals surface area contributed by atoms with Crippen molar-refractivity contribution in [1.82, 2.24) is 14.2 Å². The van der Waals surface area contributed by atoms with E-state index in [4.69, 9.17) is 0 Å². The Morgan fingerprint density at radius 2 is 1.67 bits per heavy atom. The first-order valence-electron chi connectivity index (χ1n) is 9.38. The van der Waals surface area contributed by atoms with E-state index in [1.54, 1.807) is 35.4 Å². The topological polar surface area (TPSA) is 70.6 Å². The number of carbonyl (C=O) groups excluding carboxylic acids is 1. The molecule has 1 aliphatic carbocycles. The van der Waals surface area contributed by atoms with Crippen LogP contribution in [0.2, 0.25) is 0 Å². The molecule has 1 aromatic carbocycles. The summed E-state index contributed by atoms with van der Waals surface area (Å²) < 4.78 is 27.5. The Morgan fingerprint density at radius 1 is 0.926 bits per heavy atom. The third kappa shape index (κ3) is 3.61. The molecule has 27 heavy (non-hydrogen) atoms. The highest BCUT2D eigenvalue weighted by atomic mass is 32.2. The lowest BCUT2D eigenvalue weighted by Crippen LogP contribution is -2.50. The summed E-state index contributed by atoms with van der Waals surface area (Å²) in [4.78, 5) is 18.6. The Balaban J connectivity index is 1.46. The first kappa shape index (κ1) is 18.1. The molecular weight excluding hydrogens is 362 g/mol. The monoisotopic (exact) mass is 385 g/mol. The largest absolute Gasteiger partial charge is 0.335 e. The van der Waals surface area contributed by atoms with Crippen LogP contribution in [-0.4, -0.2) is 54.7 Å². The van der Waals surface area contributed by atoms with Gasteiger partial charge in [0.15, 0.2) is 0 Å². The lowest BCUT2D eigenvalue weighted by Gasteiger charge is -2.34. The highest BCUT2D eigenvalue weighted by molar-refractivity contribution is 7.89. The summed E-state index contributed by atoms with van der Waals surface area (Å²) >= 11 is 0. The van der Waals surface area contributed by atoms with E-state index in [0.29, 0.717) is 36.8 Å². The maximum Gasteiger partial charge on any atom is 0.272 e. The predicted molar refractivity (Wildman–Crippen MR) is 102 cm³/mol. The number of aryl methyl sites for hydroxylation is 2. The highest BCUT2D eigenvalue weighted by Gasteiger charge is 2.31. The third-order valence-electron chi connectivity index (χ3n) is 5.37. The summed E-state index contributed by atoms with van der Waals surface area (Å²) in [7, 11) is -3.53. The molecule has 0 unspecified atom stereocenters. The zero-order valence-electron chi connectivity index (χ0n) is 15.2. The summed E-state index contributed by atoms with van der Waals surface area (Å²) in [6.45, 7) is 1.36. The van der Waals surface area contributed by atoms with Crippen molar-refractivity contribution in [2.75, 3.05) is 26.2 Å². The zero-order chi connectivity index (χ0) is 18.9. The minimum absolute atomic E-state index is 0.151. The van der Waals surface area contributed by atoms with Crippen molar-refractivity contribution >= 4 is 15.9 Å². The smallest absolute Gasteiger partial charge is 0.272 e. The average Bonchev–Trinajstić information content (AvgIpc) is 2.73. The van der Waals surface area contributed by atoms with Gasteiger partial charge in [-0.2, -0.15) is 4.31 Å². The second-order valence-corrected chi connectivity index (χ2v) is 8.99. The number of piperazine rings is 1. The van der Waals surface area contributed by atoms with Crippen LogP contribution in [0.5, 0.6) is 0 Å². The fourth-order valence-corrected chi connectivity index (χ4v) is 5.28. The lowest BCUT2D eigenvalue weighted by atomic mass is 9.92. The second-order valence-electron chi connectivity index (χ2n) is 7.05. The first-order valence-corrected chi connectivity index (χ1v) is 10.8. The van der Waals surface area contributed by atoms with Crippen molar-refractivity contribution in [3.05, 3.63) is 59.4 Å². The van der Waals surface area contributed by atoms with Crippen LogP contribution in [0.1, 0.15) is 34.5 Å². The number of amides is 1. The van der Waals surface area contributed by atoms with E-state index in [0.717, 1.165) is 24.8 Å². The number of aromatic nitrogens is 1. The van der Waals surface area contributed by atoms with Crippen LogP contribution in [0, 0.1) is 0 Å². The molecule has 1 amide bonds. The molecule has 0 atom stereocenters. The number of sulfonamides is 1. The number of hydrogen-bond acceptors (Lipinski definition) is 4. The minimum Gasteiger partial charge on any atom is -0.335 e. The summed E-state index contributed by atoms with van der Waals surface area (Å²) in [5.41, 5.74) is 2.82. The van der Waals surface area contributed by atoms with E-state index in [1.165, 1.54) is 16.3 Å². The van der Waals surface area contributed by atoms with Gasteiger partial charge in [-0.3, -0.25) is 9.78 Å². The SMILES string of the molecule is O=C(c1ccccn1)N1CCN(S(=O)(=O)c2ccc3c(c2)CCCC3)CC1. The van der Waals surface area contributed by atoms with Crippen molar-refractivity contribution < 1.29 is 13.2 Å². The van der Waals surface area contributed by atoms with Gasteiger partial charge in [-0.15, -0.1) is 0 Å². The van der Waals surface area contributed by atoms with Gasteiger partial charge in [-0.1, -0.05) is 12.1 Å². The van der Waals surface area contributed by atoms with Gasteiger partial charge in [-0.25, -0.2) is 8.42 Å². The average molecular weight is 385 g/mol. The van der Waals surface area contributed by atoms with Crippen LogP contribution in [0.3, 0.4) is 0 Å². The van der Waals surface area contributed by atoms with Crippen LogP contribution in [0.15, 0.2) is 47.5 Å². The Bertz CT molecular complexity index is 936. The van der Waals surface area contributed by atoms with E-state index < -0.39 is 10.0 Å². The van der Waals surface area contributed by atoms with Crippen LogP contribution < -0.4 is 0 Å². The molecule has 0 bridgehead atoms. The van der Waals surface area contributed by atoms with Crippen LogP contribution >= 0.6 is 0 Å². The molecule has 1 aliphatic heterocycles. The van der Waals surface area contributed by atoms with Crippen LogP contribution in [-0.2, 0) is 22.9 Å². The van der Waals surface area contributed by atoms with E-state index in [-0.39, 0.29) is 5.91 Å². The fraction of sp³-hybridized carbons (Fsp3) is 0.400. The van der Waals surface area contributed by atoms with E-state index in [9.17, 15) is 13.2 Å². The Hall–Kier alpha value is -2.25. The van der Waals surface area contributed by atoms with Gasteiger partial charge >= 0.3 is 0 Å². The van der Waals surface area contributed by atoms with Crippen molar-refractivity contribution in [2.24, 2.45) is 0 Å². The number of carbonyl (C=O) groups is 1. The molecule has 0 radical (unpaired) electrons. The fourth-order valence-electron chi connectivity index (χ4n) is 3.80. The van der Waals surface area contributed by atoms with Crippen LogP contribution in [0.25, 0.3) is 0 Å². The van der Waals surface area contributed by atoms with Gasteiger partial charge in [0.25, 0.3) is 5.91 Å². The molecule has 0 saturated carbocycles. The number of rotatable bonds is 3. The van der Waals surface area contributed by atoms with Gasteiger partial charge in [0.2, 0.25) is 10.0 Å². The molecule has 1 aromatic heterocycles. The Morgan fingerprint density at radius 3 is 2.37 bits per heavy atom. The van der Waals surface area contributed by atoms with E-state index >= 15 is 0 Å². The molecule has 0 spiro atoms. The maximum atomic E-state index is 13.0. The standard InChI is InChI=1S/C20H23N3O3S/c24-20(19-7-3-4-10-21-19)22-11-13-23(14-12-22)27(25,26)18-9-8-16-5-1-2-6-17(16)15-18/h3-4,7-10,15H,1-2,5-6,11-14H2. The molecule has 1 fully saturated rings. The summed E-state index contributed by atoms with van der Waals surface area (Å²) in [6, 6.07) is 10.7. The lowest BCUT2D eigenvalue weighted by molar-refractivity contribution is 0.0692. The van der Waals surface area contributed by atoms with Crippen molar-refractivity contribution in [3.8, 4) is 0 Å². The Labute approximate surface area is 159 Å². The molecule has 4 rings (SSSR count). The molecule has 0 N–H and O–H groups in total. The number of fused-ring (bicyclic) bond motifs is 1. The van der Waals surface area contributed by atoms with E-state index in [1.807, 2.05) is 12.1 Å². The quantitative estimate of drug-likeness (QED) is 0.811. The molecule has 2 heterocycles. The minimum atomic E-state index is -3.53. The number of hydrogen-bond donors (Lipinski definition) is 0. The number of nitrogens with zero attached hydrogens (tertiary/aromatic N) is 3. The molecular formula is C20H23N3O3S. The Kier molecular flexibility index (Phi) is 4.97. The number of benzene rings is 1. The summed E-state index contributed by atoms with van der Waals surface area (Å²) in [5, 5.41) is 0. The van der Waals surface area contributed by atoms with Gasteiger partial charge < -0.3 is 4.90 Å². The van der Waals surface area contributed by atoms with Gasteiger partial charge in [0, 0.05) is 32.4 Å². The first-order chi connectivity index (χ1) is 13.1. The van der Waals surface area contributed by atoms with Crippen molar-refractivity contribution in [3.63, 3.8) is 0 Å². The molecule has 7 heteroatoms. The van der Waals surface area contributed by atoms with Gasteiger partial charge in [-0.05, 0) is 61.1 Å². The molecule has 2 aliphatic rings.